The number of hydrogen-bond donors (Lipinski definition) is 1. The summed E-state index contributed by atoms with van der Waals surface area (Å²) in [5, 5.41) is 14.0. The van der Waals surface area contributed by atoms with Crippen LogP contribution in [0.1, 0.15) is 43.0 Å². The summed E-state index contributed by atoms with van der Waals surface area (Å²) in [6.45, 7) is 8.42. The van der Waals surface area contributed by atoms with Crippen molar-refractivity contribution in [1.82, 2.24) is 14.5 Å². The zero-order valence-corrected chi connectivity index (χ0v) is 24.8. The van der Waals surface area contributed by atoms with E-state index in [1.807, 2.05) is 18.3 Å². The van der Waals surface area contributed by atoms with Gasteiger partial charge in [0, 0.05) is 50.0 Å². The summed E-state index contributed by atoms with van der Waals surface area (Å²) in [5.41, 5.74) is 7.05. The fraction of sp³-hybridized carbons (Fsp3) is 0.212. The second-order valence-electron chi connectivity index (χ2n) is 9.72. The van der Waals surface area contributed by atoms with E-state index in [2.05, 4.69) is 80.8 Å². The normalized spacial score (nSPS) is 11.3. The van der Waals surface area contributed by atoms with Gasteiger partial charge in [-0.3, -0.25) is 0 Å². The number of benzene rings is 3. The maximum atomic E-state index is 10.7. The molecule has 5 nitrogen and oxygen atoms in total. The Labute approximate surface area is 242 Å². The number of fused-ring (bicyclic) bond motifs is 4. The number of aryl methyl sites for hydroxylation is 4. The fourth-order valence-electron chi connectivity index (χ4n) is 5.35. The van der Waals surface area contributed by atoms with E-state index in [1.54, 1.807) is 6.07 Å². The first kappa shape index (κ1) is 26.9. The minimum Gasteiger partial charge on any atom is -0.506 e. The van der Waals surface area contributed by atoms with Gasteiger partial charge in [-0.15, -0.1) is 17.7 Å². The summed E-state index contributed by atoms with van der Waals surface area (Å²) >= 11 is 0. The van der Waals surface area contributed by atoms with E-state index in [0.29, 0.717) is 17.1 Å². The number of hydrogen-bond acceptors (Lipinski definition) is 4. The van der Waals surface area contributed by atoms with Crippen molar-refractivity contribution in [1.29, 1.82) is 0 Å². The Hall–Kier alpha value is -3.69. The van der Waals surface area contributed by atoms with Gasteiger partial charge in [-0.25, -0.2) is 9.97 Å². The molecule has 0 bridgehead atoms. The van der Waals surface area contributed by atoms with Crippen molar-refractivity contribution in [3.05, 3.63) is 95.2 Å². The summed E-state index contributed by atoms with van der Waals surface area (Å²) in [6, 6.07) is 24.0. The molecule has 1 N–H and O–H groups in total. The zero-order chi connectivity index (χ0) is 26.4. The Morgan fingerprint density at radius 1 is 0.897 bits per heavy atom. The number of aromatic hydroxyl groups is 1. The fourth-order valence-corrected chi connectivity index (χ4v) is 5.35. The van der Waals surface area contributed by atoms with Crippen LogP contribution in [-0.4, -0.2) is 19.6 Å². The third-order valence-electron chi connectivity index (χ3n) is 7.27. The molecule has 0 amide bonds. The van der Waals surface area contributed by atoms with Gasteiger partial charge in [-0.1, -0.05) is 56.3 Å². The van der Waals surface area contributed by atoms with Crippen molar-refractivity contribution >= 4 is 32.7 Å². The number of aromatic nitrogens is 3. The van der Waals surface area contributed by atoms with E-state index in [1.165, 1.54) is 10.9 Å². The van der Waals surface area contributed by atoms with Crippen LogP contribution in [0.3, 0.4) is 0 Å². The van der Waals surface area contributed by atoms with Crippen LogP contribution in [0, 0.1) is 13.0 Å². The van der Waals surface area contributed by atoms with E-state index in [9.17, 15) is 5.11 Å². The topological polar surface area (TPSA) is 60.2 Å². The van der Waals surface area contributed by atoms with Crippen LogP contribution in [0.5, 0.6) is 17.4 Å². The summed E-state index contributed by atoms with van der Waals surface area (Å²) in [4.78, 5) is 9.41. The minimum absolute atomic E-state index is 0. The molecular formula is C33H30N3O2Pt-. The summed E-state index contributed by atoms with van der Waals surface area (Å²) in [6.07, 6.45) is 4.33. The van der Waals surface area contributed by atoms with Crippen molar-refractivity contribution in [2.45, 2.75) is 47.0 Å². The number of phenolic OH excluding ortho intramolecular Hbond substituents is 1. The third-order valence-corrected chi connectivity index (χ3v) is 7.27. The number of pyridine rings is 2. The molecule has 200 valence electrons. The van der Waals surface area contributed by atoms with Crippen LogP contribution in [0.2, 0.25) is 0 Å². The predicted octanol–water partition coefficient (Wildman–Crippen LogP) is 8.02. The maximum absolute atomic E-state index is 10.7. The molecule has 0 saturated heterocycles. The van der Waals surface area contributed by atoms with E-state index < -0.39 is 0 Å². The van der Waals surface area contributed by atoms with Gasteiger partial charge < -0.3 is 14.4 Å². The number of ether oxygens (including phenoxy) is 1. The van der Waals surface area contributed by atoms with E-state index in [4.69, 9.17) is 14.7 Å². The summed E-state index contributed by atoms with van der Waals surface area (Å²) in [5.74, 6) is 2.06. The Morgan fingerprint density at radius 2 is 1.69 bits per heavy atom. The number of para-hydroxylation sites is 1. The molecule has 0 spiro atoms. The van der Waals surface area contributed by atoms with Gasteiger partial charge >= 0.3 is 0 Å². The molecule has 0 atom stereocenters. The van der Waals surface area contributed by atoms with Crippen LogP contribution < -0.4 is 4.74 Å². The van der Waals surface area contributed by atoms with Crippen LogP contribution in [0.25, 0.3) is 38.5 Å². The van der Waals surface area contributed by atoms with Crippen molar-refractivity contribution in [2.75, 3.05) is 0 Å². The largest absolute Gasteiger partial charge is 0.506 e. The molecule has 6 heteroatoms. The van der Waals surface area contributed by atoms with Crippen molar-refractivity contribution in [2.24, 2.45) is 0 Å². The van der Waals surface area contributed by atoms with E-state index >= 15 is 0 Å². The Morgan fingerprint density at radius 3 is 2.44 bits per heavy atom. The molecule has 3 aromatic carbocycles. The van der Waals surface area contributed by atoms with Crippen LogP contribution >= 0.6 is 0 Å². The average molecular weight is 696 g/mol. The first-order chi connectivity index (χ1) is 18.5. The molecule has 3 aromatic heterocycles. The van der Waals surface area contributed by atoms with Crippen molar-refractivity contribution in [3.8, 4) is 23.2 Å². The van der Waals surface area contributed by atoms with Crippen LogP contribution in [-0.2, 0) is 40.3 Å². The van der Waals surface area contributed by atoms with E-state index in [0.717, 1.165) is 63.6 Å². The summed E-state index contributed by atoms with van der Waals surface area (Å²) < 4.78 is 8.55. The van der Waals surface area contributed by atoms with E-state index in [-0.39, 0.29) is 26.8 Å². The molecule has 3 heterocycles. The Bertz CT molecular complexity index is 1840. The summed E-state index contributed by atoms with van der Waals surface area (Å²) in [7, 11) is 0. The molecule has 6 rings (SSSR count). The zero-order valence-electron chi connectivity index (χ0n) is 22.5. The van der Waals surface area contributed by atoms with Crippen LogP contribution in [0.15, 0.2) is 66.9 Å². The van der Waals surface area contributed by atoms with Gasteiger partial charge in [0.05, 0.1) is 0 Å². The number of nitrogens with zero attached hydrogens (tertiary/aromatic N) is 3. The second kappa shape index (κ2) is 10.8. The minimum atomic E-state index is 0. The SMILES string of the molecule is CCc1cc(O)c2nc(Oc3[c-]c4c(c(CC)c3)c3ccccc3n4-c3cc(C)ccn3)cc(CC)c2c1.[Pt]. The molecular weight excluding hydrogens is 665 g/mol. The molecule has 39 heavy (non-hydrogen) atoms. The monoisotopic (exact) mass is 695 g/mol. The average Bonchev–Trinajstić information content (AvgIpc) is 3.26. The maximum Gasteiger partial charge on any atom is 0.217 e. The number of phenols is 1. The van der Waals surface area contributed by atoms with Gasteiger partial charge in [-0.2, -0.15) is 0 Å². The van der Waals surface area contributed by atoms with Gasteiger partial charge in [0.15, 0.2) is 0 Å². The standard InChI is InChI=1S/C33H30N3O2.Pt/c1-5-21-15-26-22(6-2)18-31(35-33(26)29(37)16-21)38-24-17-23(7-3)32-25-10-8-9-11-27(25)36(28(32)19-24)30-14-20(4)12-13-34-30;/h8-18,37H,5-7H2,1-4H3;/q-1;. The molecule has 0 aliphatic heterocycles. The third kappa shape index (κ3) is 4.70. The molecule has 0 unspecified atom stereocenters. The quantitative estimate of drug-likeness (QED) is 0.180. The molecule has 0 fully saturated rings. The molecule has 0 aliphatic rings. The van der Waals surface area contributed by atoms with Gasteiger partial charge in [0.2, 0.25) is 5.88 Å². The Kier molecular flexibility index (Phi) is 7.46. The van der Waals surface area contributed by atoms with Crippen LogP contribution in [0.4, 0.5) is 0 Å². The number of rotatable bonds is 6. The van der Waals surface area contributed by atoms with Gasteiger partial charge in [0.25, 0.3) is 0 Å². The molecule has 0 radical (unpaired) electrons. The molecule has 0 aliphatic carbocycles. The smallest absolute Gasteiger partial charge is 0.217 e. The molecule has 0 saturated carbocycles. The first-order valence-corrected chi connectivity index (χ1v) is 13.2. The second-order valence-corrected chi connectivity index (χ2v) is 9.72. The predicted molar refractivity (Wildman–Crippen MR) is 154 cm³/mol. The van der Waals surface area contributed by atoms with Gasteiger partial charge in [-0.05, 0) is 72.2 Å². The van der Waals surface area contributed by atoms with Crippen molar-refractivity contribution < 1.29 is 30.9 Å². The molecule has 6 aromatic rings. The van der Waals surface area contributed by atoms with Crippen molar-refractivity contribution in [3.63, 3.8) is 0 Å². The first-order valence-electron chi connectivity index (χ1n) is 13.2. The Balaban J connectivity index is 0.00000308. The van der Waals surface area contributed by atoms with Gasteiger partial charge in [0.1, 0.15) is 17.1 Å².